The molecule has 0 unspecified atom stereocenters. The molecule has 2 heterocycles. The Hall–Kier alpha value is -2.74. The monoisotopic (exact) mass is 333 g/mol. The van der Waals surface area contributed by atoms with Gasteiger partial charge in [-0.15, -0.1) is 11.3 Å². The normalized spacial score (nSPS) is 10.6. The summed E-state index contributed by atoms with van der Waals surface area (Å²) in [5.41, 5.74) is 3.12. The van der Waals surface area contributed by atoms with Gasteiger partial charge in [-0.2, -0.15) is 4.39 Å². The van der Waals surface area contributed by atoms with Crippen LogP contribution in [0.2, 0.25) is 0 Å². The third kappa shape index (κ3) is 2.80. The molecule has 0 aliphatic heterocycles. The van der Waals surface area contributed by atoms with Crippen LogP contribution in [0.15, 0.2) is 29.9 Å². The number of pyridine rings is 1. The van der Waals surface area contributed by atoms with Crippen molar-refractivity contribution in [3.8, 4) is 5.88 Å². The van der Waals surface area contributed by atoms with E-state index in [0.717, 1.165) is 10.2 Å². The van der Waals surface area contributed by atoms with Gasteiger partial charge in [0.15, 0.2) is 0 Å². The van der Waals surface area contributed by atoms with E-state index in [9.17, 15) is 9.18 Å². The van der Waals surface area contributed by atoms with Crippen LogP contribution in [-0.4, -0.2) is 30.2 Å². The molecular formula is C15H12FN3O3S. The number of carbonyl (C=O) groups is 1. The fourth-order valence-corrected chi connectivity index (χ4v) is 2.79. The van der Waals surface area contributed by atoms with Gasteiger partial charge in [-0.1, -0.05) is 0 Å². The molecule has 0 fully saturated rings. The van der Waals surface area contributed by atoms with Crippen molar-refractivity contribution < 1.29 is 18.7 Å². The maximum Gasteiger partial charge on any atom is 0.341 e. The van der Waals surface area contributed by atoms with Crippen LogP contribution in [0, 0.1) is 5.82 Å². The number of carbonyl (C=O) groups excluding carboxylic acids is 1. The van der Waals surface area contributed by atoms with Gasteiger partial charge in [0.1, 0.15) is 5.56 Å². The van der Waals surface area contributed by atoms with E-state index >= 15 is 0 Å². The molecular weight excluding hydrogens is 321 g/mol. The van der Waals surface area contributed by atoms with Crippen LogP contribution in [0.25, 0.3) is 10.2 Å². The molecule has 0 saturated heterocycles. The molecule has 1 aromatic carbocycles. The number of anilines is 2. The number of nitrogens with zero attached hydrogens (tertiary/aromatic N) is 2. The number of esters is 1. The molecule has 0 aliphatic rings. The number of hydrogen-bond donors (Lipinski definition) is 1. The predicted octanol–water partition coefficient (Wildman–Crippen LogP) is 3.37. The van der Waals surface area contributed by atoms with Crippen molar-refractivity contribution in [1.82, 2.24) is 9.97 Å². The molecule has 0 amide bonds. The molecule has 0 atom stereocenters. The number of fused-ring (bicyclic) bond motifs is 1. The van der Waals surface area contributed by atoms with Crippen LogP contribution in [0.4, 0.5) is 15.8 Å². The quantitative estimate of drug-likeness (QED) is 0.738. The van der Waals surface area contributed by atoms with Crippen LogP contribution in [0.3, 0.4) is 0 Å². The highest BCUT2D eigenvalue weighted by Gasteiger charge is 2.21. The van der Waals surface area contributed by atoms with E-state index < -0.39 is 11.8 Å². The van der Waals surface area contributed by atoms with E-state index in [1.807, 2.05) is 12.1 Å². The fourth-order valence-electron chi connectivity index (χ4n) is 2.08. The van der Waals surface area contributed by atoms with Gasteiger partial charge in [-0.3, -0.25) is 0 Å². The lowest BCUT2D eigenvalue weighted by Gasteiger charge is -2.13. The summed E-state index contributed by atoms with van der Waals surface area (Å²) in [4.78, 5) is 19.8. The molecule has 8 heteroatoms. The van der Waals surface area contributed by atoms with Gasteiger partial charge in [0.2, 0.25) is 5.82 Å². The maximum atomic E-state index is 14.5. The number of aromatic nitrogens is 2. The van der Waals surface area contributed by atoms with Gasteiger partial charge in [-0.25, -0.2) is 14.8 Å². The number of hydrogen-bond acceptors (Lipinski definition) is 7. The standard InChI is InChI=1S/C15H12FN3O3S/c1-21-14-12(16)13(9(6-17-14)15(20)22-2)19-8-3-4-10-11(5-8)23-7-18-10/h3-7H,1-2H3,(H,17,19). The van der Waals surface area contributed by atoms with Crippen molar-refractivity contribution >= 4 is 38.9 Å². The fraction of sp³-hybridized carbons (Fsp3) is 0.133. The Labute approximate surface area is 134 Å². The van der Waals surface area contributed by atoms with E-state index in [2.05, 4.69) is 20.0 Å². The molecule has 23 heavy (non-hydrogen) atoms. The van der Waals surface area contributed by atoms with E-state index in [-0.39, 0.29) is 17.1 Å². The third-order valence-corrected chi connectivity index (χ3v) is 3.98. The van der Waals surface area contributed by atoms with Crippen LogP contribution >= 0.6 is 11.3 Å². The summed E-state index contributed by atoms with van der Waals surface area (Å²) in [5, 5.41) is 2.90. The molecule has 0 aliphatic carbocycles. The topological polar surface area (TPSA) is 73.3 Å². The Morgan fingerprint density at radius 1 is 1.30 bits per heavy atom. The molecule has 0 bridgehead atoms. The summed E-state index contributed by atoms with van der Waals surface area (Å²) in [5.74, 6) is -1.67. The first-order valence-electron chi connectivity index (χ1n) is 6.55. The second kappa shape index (κ2) is 6.17. The van der Waals surface area contributed by atoms with E-state index in [1.54, 1.807) is 11.6 Å². The largest absolute Gasteiger partial charge is 0.479 e. The summed E-state index contributed by atoms with van der Waals surface area (Å²) in [7, 11) is 2.52. The number of halogens is 1. The van der Waals surface area contributed by atoms with Gasteiger partial charge in [0.05, 0.1) is 35.6 Å². The Balaban J connectivity index is 2.07. The summed E-state index contributed by atoms with van der Waals surface area (Å²) in [6, 6.07) is 5.37. The molecule has 0 radical (unpaired) electrons. The SMILES string of the molecule is COC(=O)c1cnc(OC)c(F)c1Nc1ccc2ncsc2c1. The average molecular weight is 333 g/mol. The van der Waals surface area contributed by atoms with E-state index in [4.69, 9.17) is 4.74 Å². The maximum absolute atomic E-state index is 14.5. The summed E-state index contributed by atoms with van der Waals surface area (Å²) >= 11 is 1.47. The minimum atomic E-state index is -0.764. The highest BCUT2D eigenvalue weighted by molar-refractivity contribution is 7.16. The van der Waals surface area contributed by atoms with Crippen molar-refractivity contribution in [2.24, 2.45) is 0 Å². The first kappa shape index (κ1) is 15.2. The first-order chi connectivity index (χ1) is 11.1. The van der Waals surface area contributed by atoms with Crippen LogP contribution < -0.4 is 10.1 Å². The van der Waals surface area contributed by atoms with Crippen molar-refractivity contribution in [3.63, 3.8) is 0 Å². The van der Waals surface area contributed by atoms with Crippen molar-refractivity contribution in [1.29, 1.82) is 0 Å². The van der Waals surface area contributed by atoms with Crippen LogP contribution in [0.5, 0.6) is 5.88 Å². The second-order valence-corrected chi connectivity index (χ2v) is 5.41. The highest BCUT2D eigenvalue weighted by Crippen LogP contribution is 2.31. The van der Waals surface area contributed by atoms with Gasteiger partial charge >= 0.3 is 5.97 Å². The van der Waals surface area contributed by atoms with Crippen molar-refractivity contribution in [2.75, 3.05) is 19.5 Å². The molecule has 1 N–H and O–H groups in total. The van der Waals surface area contributed by atoms with Gasteiger partial charge in [0, 0.05) is 11.9 Å². The minimum Gasteiger partial charge on any atom is -0.479 e. The first-order valence-corrected chi connectivity index (χ1v) is 7.43. The number of methoxy groups -OCH3 is 2. The molecule has 3 rings (SSSR count). The van der Waals surface area contributed by atoms with Crippen molar-refractivity contribution in [2.45, 2.75) is 0 Å². The molecule has 2 aromatic heterocycles. The van der Waals surface area contributed by atoms with Crippen LogP contribution in [0.1, 0.15) is 10.4 Å². The minimum absolute atomic E-state index is 0.0183. The lowest BCUT2D eigenvalue weighted by molar-refractivity contribution is 0.0601. The number of ether oxygens (including phenoxy) is 2. The summed E-state index contributed by atoms with van der Waals surface area (Å²) in [6.45, 7) is 0. The molecule has 6 nitrogen and oxygen atoms in total. The molecule has 0 saturated carbocycles. The Kier molecular flexibility index (Phi) is 4.07. The zero-order valence-corrected chi connectivity index (χ0v) is 13.1. The Morgan fingerprint density at radius 3 is 2.87 bits per heavy atom. The number of rotatable bonds is 4. The summed E-state index contributed by atoms with van der Waals surface area (Å²) in [6.07, 6.45) is 1.21. The number of benzene rings is 1. The Bertz CT molecular complexity index is 882. The lowest BCUT2D eigenvalue weighted by Crippen LogP contribution is -2.09. The predicted molar refractivity (Wildman–Crippen MR) is 85.0 cm³/mol. The lowest BCUT2D eigenvalue weighted by atomic mass is 10.2. The van der Waals surface area contributed by atoms with Gasteiger partial charge in [-0.05, 0) is 18.2 Å². The smallest absolute Gasteiger partial charge is 0.341 e. The second-order valence-electron chi connectivity index (χ2n) is 4.52. The zero-order valence-electron chi connectivity index (χ0n) is 12.3. The van der Waals surface area contributed by atoms with Crippen LogP contribution in [-0.2, 0) is 4.74 Å². The van der Waals surface area contributed by atoms with Crippen molar-refractivity contribution in [3.05, 3.63) is 41.3 Å². The zero-order chi connectivity index (χ0) is 16.4. The number of nitrogens with one attached hydrogen (secondary N) is 1. The molecule has 3 aromatic rings. The van der Waals surface area contributed by atoms with Gasteiger partial charge < -0.3 is 14.8 Å². The van der Waals surface area contributed by atoms with E-state index in [1.165, 1.54) is 31.8 Å². The van der Waals surface area contributed by atoms with Gasteiger partial charge in [0.25, 0.3) is 5.88 Å². The Morgan fingerprint density at radius 2 is 2.13 bits per heavy atom. The average Bonchev–Trinajstić information content (AvgIpc) is 3.03. The number of thiazole rings is 1. The highest BCUT2D eigenvalue weighted by atomic mass is 32.1. The third-order valence-electron chi connectivity index (χ3n) is 3.19. The molecule has 0 spiro atoms. The summed E-state index contributed by atoms with van der Waals surface area (Å²) < 4.78 is 25.0. The molecule has 118 valence electrons. The van der Waals surface area contributed by atoms with E-state index in [0.29, 0.717) is 5.69 Å².